The molecule has 1 fully saturated rings. The molecule has 0 spiro atoms. The van der Waals surface area contributed by atoms with E-state index in [-0.39, 0.29) is 5.92 Å². The SMILES string of the molecule is CNc1cc(C)nc(N2CCC(C(=O)O)(n3ccc(C(C)C)n3)CC2)n1. The molecule has 0 unspecified atom stereocenters. The van der Waals surface area contributed by atoms with E-state index in [2.05, 4.69) is 34.2 Å². The molecule has 3 rings (SSSR count). The Bertz CT molecular complexity index is 793. The molecule has 0 radical (unpaired) electrons. The first-order valence-electron chi connectivity index (χ1n) is 8.93. The number of hydrogen-bond donors (Lipinski definition) is 2. The van der Waals surface area contributed by atoms with E-state index in [1.165, 1.54) is 0 Å². The van der Waals surface area contributed by atoms with E-state index in [0.29, 0.717) is 31.9 Å². The van der Waals surface area contributed by atoms with Gasteiger partial charge in [0.1, 0.15) is 5.82 Å². The highest BCUT2D eigenvalue weighted by molar-refractivity contribution is 5.77. The quantitative estimate of drug-likeness (QED) is 0.846. The van der Waals surface area contributed by atoms with E-state index in [4.69, 9.17) is 0 Å². The number of aliphatic carboxylic acids is 1. The molecule has 0 amide bonds. The maximum absolute atomic E-state index is 12.1. The summed E-state index contributed by atoms with van der Waals surface area (Å²) in [7, 11) is 1.82. The Labute approximate surface area is 153 Å². The molecule has 2 N–H and O–H groups in total. The first-order chi connectivity index (χ1) is 12.4. The summed E-state index contributed by atoms with van der Waals surface area (Å²) in [5.74, 6) is 0.826. The van der Waals surface area contributed by atoms with Gasteiger partial charge in [0.2, 0.25) is 5.95 Å². The summed E-state index contributed by atoms with van der Waals surface area (Å²) in [6.45, 7) is 7.16. The number of carboxylic acids is 1. The smallest absolute Gasteiger partial charge is 0.331 e. The van der Waals surface area contributed by atoms with E-state index in [9.17, 15) is 9.90 Å². The molecular formula is C18H26N6O2. The minimum atomic E-state index is -1.01. The highest BCUT2D eigenvalue weighted by Crippen LogP contribution is 2.32. The lowest BCUT2D eigenvalue weighted by Crippen LogP contribution is -2.51. The second-order valence-corrected chi connectivity index (χ2v) is 7.11. The molecule has 1 aliphatic rings. The van der Waals surface area contributed by atoms with Crippen LogP contribution in [0.5, 0.6) is 0 Å². The Morgan fingerprint density at radius 1 is 1.31 bits per heavy atom. The van der Waals surface area contributed by atoms with Gasteiger partial charge in [-0.25, -0.2) is 9.78 Å². The summed E-state index contributed by atoms with van der Waals surface area (Å²) >= 11 is 0. The van der Waals surface area contributed by atoms with Crippen LogP contribution in [0.4, 0.5) is 11.8 Å². The number of carbonyl (C=O) groups is 1. The Morgan fingerprint density at radius 3 is 2.54 bits per heavy atom. The van der Waals surface area contributed by atoms with Crippen LogP contribution in [-0.2, 0) is 10.3 Å². The van der Waals surface area contributed by atoms with Crippen molar-refractivity contribution < 1.29 is 9.90 Å². The number of nitrogens with one attached hydrogen (secondary N) is 1. The average molecular weight is 358 g/mol. The summed E-state index contributed by atoms with van der Waals surface area (Å²) in [6, 6.07) is 3.79. The van der Waals surface area contributed by atoms with Crippen molar-refractivity contribution in [2.24, 2.45) is 0 Å². The van der Waals surface area contributed by atoms with Gasteiger partial charge in [0.05, 0.1) is 5.69 Å². The summed E-state index contributed by atoms with van der Waals surface area (Å²) in [4.78, 5) is 23.2. The van der Waals surface area contributed by atoms with E-state index in [0.717, 1.165) is 17.2 Å². The van der Waals surface area contributed by atoms with Crippen molar-refractivity contribution in [2.75, 3.05) is 30.4 Å². The summed E-state index contributed by atoms with van der Waals surface area (Å²) in [5.41, 5.74) is 0.774. The number of aromatic nitrogens is 4. The first kappa shape index (κ1) is 18.2. The normalized spacial score (nSPS) is 16.7. The largest absolute Gasteiger partial charge is 0.479 e. The molecule has 26 heavy (non-hydrogen) atoms. The van der Waals surface area contributed by atoms with Crippen LogP contribution in [0, 0.1) is 6.92 Å². The van der Waals surface area contributed by atoms with Crippen molar-refractivity contribution in [3.63, 3.8) is 0 Å². The zero-order valence-corrected chi connectivity index (χ0v) is 15.7. The van der Waals surface area contributed by atoms with Crippen molar-refractivity contribution in [1.82, 2.24) is 19.7 Å². The molecule has 140 valence electrons. The van der Waals surface area contributed by atoms with Gasteiger partial charge in [0.15, 0.2) is 5.54 Å². The molecular weight excluding hydrogens is 332 g/mol. The van der Waals surface area contributed by atoms with Crippen LogP contribution in [0.1, 0.15) is 44.0 Å². The van der Waals surface area contributed by atoms with Crippen LogP contribution in [-0.4, -0.2) is 51.0 Å². The number of nitrogens with zero attached hydrogens (tertiary/aromatic N) is 5. The predicted molar refractivity (Wildman–Crippen MR) is 99.7 cm³/mol. The van der Waals surface area contributed by atoms with Crippen molar-refractivity contribution in [3.05, 3.63) is 29.7 Å². The average Bonchev–Trinajstić information content (AvgIpc) is 3.12. The Kier molecular flexibility index (Phi) is 4.84. The van der Waals surface area contributed by atoms with E-state index >= 15 is 0 Å². The molecule has 2 aromatic heterocycles. The zero-order chi connectivity index (χ0) is 18.9. The second-order valence-electron chi connectivity index (χ2n) is 7.11. The van der Waals surface area contributed by atoms with Crippen molar-refractivity contribution >= 4 is 17.7 Å². The Hall–Kier alpha value is -2.64. The third-order valence-corrected chi connectivity index (χ3v) is 5.01. The van der Waals surface area contributed by atoms with Gasteiger partial charge in [-0.05, 0) is 18.9 Å². The lowest BCUT2D eigenvalue weighted by atomic mass is 9.88. The summed E-state index contributed by atoms with van der Waals surface area (Å²) in [5, 5.41) is 17.5. The minimum absolute atomic E-state index is 0.267. The molecule has 1 saturated heterocycles. The fourth-order valence-corrected chi connectivity index (χ4v) is 3.32. The maximum atomic E-state index is 12.1. The van der Waals surface area contributed by atoms with Gasteiger partial charge in [0.25, 0.3) is 0 Å². The topological polar surface area (TPSA) is 96.2 Å². The van der Waals surface area contributed by atoms with Crippen molar-refractivity contribution in [1.29, 1.82) is 0 Å². The van der Waals surface area contributed by atoms with Gasteiger partial charge in [-0.2, -0.15) is 10.1 Å². The highest BCUT2D eigenvalue weighted by Gasteiger charge is 2.44. The Balaban J connectivity index is 1.83. The third-order valence-electron chi connectivity index (χ3n) is 5.01. The van der Waals surface area contributed by atoms with E-state index in [1.807, 2.05) is 31.0 Å². The highest BCUT2D eigenvalue weighted by atomic mass is 16.4. The molecule has 0 atom stereocenters. The van der Waals surface area contributed by atoms with Gasteiger partial charge >= 0.3 is 5.97 Å². The standard InChI is InChI=1S/C18H26N6O2/c1-12(2)14-5-8-24(22-14)18(16(25)26)6-9-23(10-7-18)17-20-13(3)11-15(19-4)21-17/h5,8,11-12H,6-7,9-10H2,1-4H3,(H,25,26)(H,19,20,21). The second kappa shape index (κ2) is 6.93. The number of carboxylic acid groups (broad SMARTS) is 1. The Morgan fingerprint density at radius 2 is 2.00 bits per heavy atom. The molecule has 0 aliphatic carbocycles. The van der Waals surface area contributed by atoms with Gasteiger partial charge < -0.3 is 15.3 Å². The molecule has 0 aromatic carbocycles. The van der Waals surface area contributed by atoms with Crippen LogP contribution < -0.4 is 10.2 Å². The summed E-state index contributed by atoms with van der Waals surface area (Å²) in [6.07, 6.45) is 2.70. The summed E-state index contributed by atoms with van der Waals surface area (Å²) < 4.78 is 1.64. The lowest BCUT2D eigenvalue weighted by molar-refractivity contribution is -0.149. The fourth-order valence-electron chi connectivity index (χ4n) is 3.32. The van der Waals surface area contributed by atoms with E-state index in [1.54, 1.807) is 10.9 Å². The van der Waals surface area contributed by atoms with Gasteiger partial charge in [-0.15, -0.1) is 0 Å². The maximum Gasteiger partial charge on any atom is 0.331 e. The van der Waals surface area contributed by atoms with E-state index < -0.39 is 11.5 Å². The number of hydrogen-bond acceptors (Lipinski definition) is 6. The molecule has 0 bridgehead atoms. The first-order valence-corrected chi connectivity index (χ1v) is 8.93. The van der Waals surface area contributed by atoms with Gasteiger partial charge in [-0.1, -0.05) is 13.8 Å². The number of piperidine rings is 1. The van der Waals surface area contributed by atoms with Gasteiger partial charge in [-0.3, -0.25) is 4.68 Å². The minimum Gasteiger partial charge on any atom is -0.479 e. The third kappa shape index (κ3) is 3.23. The van der Waals surface area contributed by atoms with Crippen LogP contribution >= 0.6 is 0 Å². The fraction of sp³-hybridized carbons (Fsp3) is 0.556. The molecule has 8 nitrogen and oxygen atoms in total. The van der Waals surface area contributed by atoms with Crippen LogP contribution in [0.3, 0.4) is 0 Å². The molecule has 2 aromatic rings. The van der Waals surface area contributed by atoms with Gasteiger partial charge in [0, 0.05) is 50.9 Å². The molecule has 8 heteroatoms. The number of rotatable bonds is 5. The predicted octanol–water partition coefficient (Wildman–Crippen LogP) is 2.23. The van der Waals surface area contributed by atoms with Crippen LogP contribution in [0.2, 0.25) is 0 Å². The van der Waals surface area contributed by atoms with Crippen molar-refractivity contribution in [2.45, 2.75) is 45.1 Å². The zero-order valence-electron chi connectivity index (χ0n) is 15.7. The van der Waals surface area contributed by atoms with Crippen molar-refractivity contribution in [3.8, 4) is 0 Å². The molecule has 3 heterocycles. The van der Waals surface area contributed by atoms with Crippen LogP contribution in [0.15, 0.2) is 18.3 Å². The number of anilines is 2. The van der Waals surface area contributed by atoms with Crippen LogP contribution in [0.25, 0.3) is 0 Å². The molecule has 0 saturated carbocycles. The lowest BCUT2D eigenvalue weighted by Gasteiger charge is -2.39. The molecule has 1 aliphatic heterocycles. The number of aryl methyl sites for hydroxylation is 1. The monoisotopic (exact) mass is 358 g/mol.